The van der Waals surface area contributed by atoms with Gasteiger partial charge in [-0.2, -0.15) is 0 Å². The fraction of sp³-hybridized carbons (Fsp3) is 0.0811. The molecule has 0 fully saturated rings. The van der Waals surface area contributed by atoms with Crippen molar-refractivity contribution in [2.45, 2.75) is 19.3 Å². The van der Waals surface area contributed by atoms with Crippen LogP contribution >= 0.6 is 0 Å². The summed E-state index contributed by atoms with van der Waals surface area (Å²) in [6.07, 6.45) is 0. The molecule has 0 radical (unpaired) electrons. The van der Waals surface area contributed by atoms with Crippen LogP contribution in [0.3, 0.4) is 0 Å². The molecule has 0 saturated heterocycles. The average Bonchev–Trinajstić information content (AvgIpc) is 3.01. The van der Waals surface area contributed by atoms with E-state index in [0.29, 0.717) is 0 Å². The molecule has 8 rings (SSSR count). The van der Waals surface area contributed by atoms with Gasteiger partial charge in [-0.05, 0) is 59.0 Å². The second-order valence-electron chi connectivity index (χ2n) is 11.0. The van der Waals surface area contributed by atoms with Crippen molar-refractivity contribution in [3.05, 3.63) is 145 Å². The van der Waals surface area contributed by atoms with Crippen LogP contribution in [0, 0.1) is 0 Å². The second kappa shape index (κ2) is 8.49. The maximum absolute atomic E-state index is 7.01. The molecular weight excluding hydrogens is 488 g/mol. The minimum Gasteiger partial charge on any atom is -0.451 e. The largest absolute Gasteiger partial charge is 0.451 e. The zero-order chi connectivity index (χ0) is 26.8. The predicted molar refractivity (Wildman–Crippen MR) is 166 cm³/mol. The van der Waals surface area contributed by atoms with Gasteiger partial charge in [-0.1, -0.05) is 105 Å². The number of benzene rings is 6. The van der Waals surface area contributed by atoms with E-state index in [1.54, 1.807) is 0 Å². The molecular formula is C37H28N2O. The van der Waals surface area contributed by atoms with Crippen LogP contribution in [0.2, 0.25) is 0 Å². The molecule has 6 aromatic carbocycles. The molecule has 0 bridgehead atoms. The van der Waals surface area contributed by atoms with Gasteiger partial charge in [-0.25, -0.2) is 0 Å². The summed E-state index contributed by atoms with van der Waals surface area (Å²) in [5.41, 5.74) is 8.94. The van der Waals surface area contributed by atoms with Crippen LogP contribution in [0.25, 0.3) is 10.8 Å². The van der Waals surface area contributed by atoms with Crippen molar-refractivity contribution >= 4 is 44.9 Å². The minimum atomic E-state index is -0.203. The van der Waals surface area contributed by atoms with Gasteiger partial charge in [-0.15, -0.1) is 0 Å². The lowest BCUT2D eigenvalue weighted by atomic mass is 9.73. The molecule has 2 aliphatic heterocycles. The Morgan fingerprint density at radius 2 is 1.23 bits per heavy atom. The van der Waals surface area contributed by atoms with Crippen molar-refractivity contribution in [1.82, 2.24) is 0 Å². The third-order valence-electron chi connectivity index (χ3n) is 8.39. The molecule has 2 aliphatic rings. The summed E-state index contributed by atoms with van der Waals surface area (Å²) in [5, 5.41) is 2.38. The number of nitrogens with zero attached hydrogens (tertiary/aromatic N) is 2. The van der Waals surface area contributed by atoms with E-state index >= 15 is 0 Å². The molecule has 3 nitrogen and oxygen atoms in total. The summed E-state index contributed by atoms with van der Waals surface area (Å²) < 4.78 is 7.01. The van der Waals surface area contributed by atoms with Crippen molar-refractivity contribution in [3.63, 3.8) is 0 Å². The Bertz CT molecular complexity index is 1870. The third-order valence-corrected chi connectivity index (χ3v) is 8.39. The van der Waals surface area contributed by atoms with Gasteiger partial charge >= 0.3 is 0 Å². The van der Waals surface area contributed by atoms with Crippen molar-refractivity contribution in [3.8, 4) is 11.5 Å². The molecule has 0 saturated carbocycles. The first-order valence-electron chi connectivity index (χ1n) is 13.8. The normalized spacial score (nSPS) is 14.1. The van der Waals surface area contributed by atoms with Gasteiger partial charge in [0.2, 0.25) is 0 Å². The molecule has 3 heteroatoms. The van der Waals surface area contributed by atoms with Gasteiger partial charge in [-0.3, -0.25) is 0 Å². The smallest absolute Gasteiger partial charge is 0.175 e. The molecule has 0 N–H and O–H groups in total. The van der Waals surface area contributed by atoms with Crippen LogP contribution < -0.4 is 14.5 Å². The van der Waals surface area contributed by atoms with Crippen molar-refractivity contribution in [2.24, 2.45) is 0 Å². The number of fused-ring (bicyclic) bond motifs is 6. The molecule has 0 spiro atoms. The number of hydrogen-bond acceptors (Lipinski definition) is 3. The molecule has 0 aliphatic carbocycles. The highest BCUT2D eigenvalue weighted by molar-refractivity contribution is 6.07. The fourth-order valence-electron chi connectivity index (χ4n) is 6.50. The Kier molecular flexibility index (Phi) is 4.86. The lowest BCUT2D eigenvalue weighted by molar-refractivity contribution is 0.473. The number of anilines is 6. The molecule has 0 unspecified atom stereocenters. The summed E-state index contributed by atoms with van der Waals surface area (Å²) in [6.45, 7) is 4.65. The van der Waals surface area contributed by atoms with Crippen molar-refractivity contribution in [1.29, 1.82) is 0 Å². The zero-order valence-corrected chi connectivity index (χ0v) is 22.5. The van der Waals surface area contributed by atoms with E-state index in [9.17, 15) is 0 Å². The van der Waals surface area contributed by atoms with E-state index in [4.69, 9.17) is 4.74 Å². The van der Waals surface area contributed by atoms with E-state index in [-0.39, 0.29) is 5.41 Å². The van der Waals surface area contributed by atoms with E-state index in [1.807, 2.05) is 0 Å². The molecule has 6 aromatic rings. The molecule has 0 atom stereocenters. The van der Waals surface area contributed by atoms with E-state index < -0.39 is 0 Å². The first-order chi connectivity index (χ1) is 19.6. The minimum absolute atomic E-state index is 0.203. The zero-order valence-electron chi connectivity index (χ0n) is 22.5. The lowest BCUT2D eigenvalue weighted by Crippen LogP contribution is -2.33. The van der Waals surface area contributed by atoms with Crippen LogP contribution in [0.4, 0.5) is 34.1 Å². The summed E-state index contributed by atoms with van der Waals surface area (Å²) >= 11 is 0. The third kappa shape index (κ3) is 3.18. The van der Waals surface area contributed by atoms with E-state index in [2.05, 4.69) is 157 Å². The van der Waals surface area contributed by atoms with Crippen LogP contribution in [0.15, 0.2) is 133 Å². The molecule has 0 aromatic heterocycles. The van der Waals surface area contributed by atoms with Crippen LogP contribution in [0.1, 0.15) is 25.0 Å². The highest BCUT2D eigenvalue weighted by atomic mass is 16.5. The lowest BCUT2D eigenvalue weighted by Gasteiger charge is -2.46. The Morgan fingerprint density at radius 1 is 0.575 bits per heavy atom. The topological polar surface area (TPSA) is 15.7 Å². The Morgan fingerprint density at radius 3 is 1.98 bits per heavy atom. The van der Waals surface area contributed by atoms with Crippen molar-refractivity contribution in [2.75, 3.05) is 9.80 Å². The molecule has 40 heavy (non-hydrogen) atoms. The first-order valence-corrected chi connectivity index (χ1v) is 13.8. The maximum Gasteiger partial charge on any atom is 0.175 e. The van der Waals surface area contributed by atoms with Gasteiger partial charge in [0, 0.05) is 22.2 Å². The van der Waals surface area contributed by atoms with Gasteiger partial charge in [0.25, 0.3) is 0 Å². The van der Waals surface area contributed by atoms with E-state index in [1.165, 1.54) is 27.6 Å². The number of hydrogen-bond donors (Lipinski definition) is 0. The highest BCUT2D eigenvalue weighted by Crippen LogP contribution is 2.63. The monoisotopic (exact) mass is 516 g/mol. The second-order valence-corrected chi connectivity index (χ2v) is 11.0. The number of rotatable bonds is 3. The average molecular weight is 517 g/mol. The van der Waals surface area contributed by atoms with Crippen LogP contribution in [0.5, 0.6) is 11.5 Å². The van der Waals surface area contributed by atoms with Gasteiger partial charge in [0.05, 0.1) is 22.7 Å². The predicted octanol–water partition coefficient (Wildman–Crippen LogP) is 10.5. The highest BCUT2D eigenvalue weighted by Gasteiger charge is 2.43. The molecule has 192 valence electrons. The summed E-state index contributed by atoms with van der Waals surface area (Å²) in [5.74, 6) is 1.73. The Hall–Kier alpha value is -5.02. The first kappa shape index (κ1) is 22.9. The SMILES string of the molecule is CC1(C)c2ccccc2N2c3c1ccc(N(c1ccccc1)c1ccccc1)c3Oc1ccc3ccccc3c12. The number of para-hydroxylation sites is 3. The standard InChI is InChI=1S/C37H28N2O/c1-37(2)29-19-11-12-20-31(29)39-34-28-18-10-9-13-25(28)21-24-33(34)40-36-32(23-22-30(37)35(36)39)38(26-14-5-3-6-15-26)27-16-7-4-8-17-27/h3-24H,1-2H3. The summed E-state index contributed by atoms with van der Waals surface area (Å²) in [4.78, 5) is 4.75. The maximum atomic E-state index is 7.01. The molecule has 2 heterocycles. The fourth-order valence-corrected chi connectivity index (χ4v) is 6.50. The van der Waals surface area contributed by atoms with Gasteiger partial charge < -0.3 is 14.5 Å². The quantitative estimate of drug-likeness (QED) is 0.232. The Labute approximate surface area is 234 Å². The number of ether oxygens (including phenoxy) is 1. The van der Waals surface area contributed by atoms with Crippen LogP contribution in [-0.4, -0.2) is 0 Å². The van der Waals surface area contributed by atoms with Crippen molar-refractivity contribution < 1.29 is 4.74 Å². The Balaban J connectivity index is 1.48. The van der Waals surface area contributed by atoms with Gasteiger partial charge in [0.1, 0.15) is 0 Å². The van der Waals surface area contributed by atoms with Gasteiger partial charge in [0.15, 0.2) is 11.5 Å². The molecule has 0 amide bonds. The van der Waals surface area contributed by atoms with Crippen LogP contribution in [-0.2, 0) is 5.41 Å². The van der Waals surface area contributed by atoms with E-state index in [0.717, 1.165) is 39.9 Å². The summed E-state index contributed by atoms with van der Waals surface area (Å²) in [6, 6.07) is 47.3. The summed E-state index contributed by atoms with van der Waals surface area (Å²) in [7, 11) is 0.